The number of halogens is 1. The monoisotopic (exact) mass is 363 g/mol. The number of carbonyl (C=O) groups excluding carboxylic acids is 2. The zero-order valence-corrected chi connectivity index (χ0v) is 15.4. The molecule has 1 aromatic carbocycles. The van der Waals surface area contributed by atoms with E-state index in [-0.39, 0.29) is 5.91 Å². The molecule has 1 aliphatic heterocycles. The molecule has 1 aromatic rings. The van der Waals surface area contributed by atoms with Gasteiger partial charge in [0, 0.05) is 36.5 Å². The number of nitrogens with zero attached hydrogens (tertiary/aromatic N) is 2. The van der Waals surface area contributed by atoms with Crippen LogP contribution in [0.15, 0.2) is 24.3 Å². The first-order valence-corrected chi connectivity index (χ1v) is 8.49. The van der Waals surface area contributed by atoms with Crippen molar-refractivity contribution in [1.29, 1.82) is 5.26 Å². The molecule has 0 aromatic heterocycles. The van der Waals surface area contributed by atoms with E-state index in [0.29, 0.717) is 36.5 Å². The third-order valence-electron chi connectivity index (χ3n) is 3.94. The molecule has 25 heavy (non-hydrogen) atoms. The zero-order chi connectivity index (χ0) is 18.7. The molecule has 0 bridgehead atoms. The molecule has 2 amide bonds. The molecule has 1 aliphatic rings. The maximum atomic E-state index is 12.4. The summed E-state index contributed by atoms with van der Waals surface area (Å²) in [6.07, 6.45) is 0.299. The lowest BCUT2D eigenvalue weighted by Gasteiger charge is -2.38. The van der Waals surface area contributed by atoms with E-state index in [0.717, 1.165) is 0 Å². The van der Waals surface area contributed by atoms with Gasteiger partial charge < -0.3 is 15.0 Å². The molecule has 0 saturated carbocycles. The fraction of sp³-hybridized carbons (Fsp3) is 0.500. The second kappa shape index (κ2) is 7.32. The van der Waals surface area contributed by atoms with E-state index in [1.54, 1.807) is 49.9 Å². The first-order chi connectivity index (χ1) is 11.6. The van der Waals surface area contributed by atoms with Gasteiger partial charge in [-0.15, -0.1) is 0 Å². The van der Waals surface area contributed by atoms with Crippen LogP contribution < -0.4 is 5.32 Å². The number of hydrogen-bond donors (Lipinski definition) is 1. The number of hydrogen-bond acceptors (Lipinski definition) is 4. The minimum absolute atomic E-state index is 0.330. The number of benzene rings is 1. The van der Waals surface area contributed by atoms with Gasteiger partial charge in [0.2, 0.25) is 0 Å². The quantitative estimate of drug-likeness (QED) is 0.873. The molecule has 0 atom stereocenters. The average molecular weight is 364 g/mol. The summed E-state index contributed by atoms with van der Waals surface area (Å²) in [4.78, 5) is 26.1. The van der Waals surface area contributed by atoms with Crippen LogP contribution in [0.3, 0.4) is 0 Å². The van der Waals surface area contributed by atoms with Gasteiger partial charge >= 0.3 is 6.09 Å². The van der Waals surface area contributed by atoms with Crippen LogP contribution in [-0.4, -0.2) is 41.1 Å². The van der Waals surface area contributed by atoms with Gasteiger partial charge in [0.15, 0.2) is 0 Å². The Labute approximate surface area is 152 Å². The van der Waals surface area contributed by atoms with E-state index in [1.165, 1.54) is 0 Å². The fourth-order valence-corrected chi connectivity index (χ4v) is 2.68. The molecule has 2 rings (SSSR count). The average Bonchev–Trinajstić information content (AvgIpc) is 2.54. The number of carbonyl (C=O) groups is 2. The highest BCUT2D eigenvalue weighted by molar-refractivity contribution is 6.30. The first kappa shape index (κ1) is 19.1. The van der Waals surface area contributed by atoms with Crippen LogP contribution in [-0.2, 0) is 4.74 Å². The molecule has 1 heterocycles. The largest absolute Gasteiger partial charge is 0.444 e. The second-order valence-electron chi connectivity index (χ2n) is 7.12. The molecule has 6 nitrogen and oxygen atoms in total. The van der Waals surface area contributed by atoms with Crippen molar-refractivity contribution in [2.24, 2.45) is 0 Å². The fourth-order valence-electron chi connectivity index (χ4n) is 2.55. The number of piperidine rings is 1. The van der Waals surface area contributed by atoms with Crippen molar-refractivity contribution in [2.75, 3.05) is 13.1 Å². The number of rotatable bonds is 2. The molecular weight excluding hydrogens is 342 g/mol. The third kappa shape index (κ3) is 5.10. The Morgan fingerprint density at radius 2 is 1.80 bits per heavy atom. The van der Waals surface area contributed by atoms with Crippen LogP contribution >= 0.6 is 11.6 Å². The highest BCUT2D eigenvalue weighted by atomic mass is 35.5. The molecule has 1 saturated heterocycles. The summed E-state index contributed by atoms with van der Waals surface area (Å²) in [6.45, 7) is 6.12. The molecule has 0 unspecified atom stereocenters. The van der Waals surface area contributed by atoms with Crippen LogP contribution in [0.2, 0.25) is 5.02 Å². The first-order valence-electron chi connectivity index (χ1n) is 8.11. The van der Waals surface area contributed by atoms with Gasteiger partial charge in [-0.1, -0.05) is 11.6 Å². The number of likely N-dealkylation sites (tertiary alicyclic amines) is 1. The number of nitrogens with one attached hydrogen (secondary N) is 1. The molecule has 0 radical (unpaired) electrons. The smallest absolute Gasteiger partial charge is 0.410 e. The molecule has 1 fully saturated rings. The van der Waals surface area contributed by atoms with Gasteiger partial charge in [0.25, 0.3) is 5.91 Å². The van der Waals surface area contributed by atoms with Crippen molar-refractivity contribution in [2.45, 2.75) is 44.8 Å². The van der Waals surface area contributed by atoms with Crippen molar-refractivity contribution in [3.63, 3.8) is 0 Å². The maximum Gasteiger partial charge on any atom is 0.410 e. The van der Waals surface area contributed by atoms with Gasteiger partial charge in [-0.25, -0.2) is 4.79 Å². The lowest BCUT2D eigenvalue weighted by Crippen LogP contribution is -2.55. The van der Waals surface area contributed by atoms with Crippen molar-refractivity contribution < 1.29 is 14.3 Å². The van der Waals surface area contributed by atoms with Crippen molar-refractivity contribution in [3.8, 4) is 6.07 Å². The minimum atomic E-state index is -0.991. The van der Waals surface area contributed by atoms with Gasteiger partial charge in [-0.2, -0.15) is 5.26 Å². The van der Waals surface area contributed by atoms with Gasteiger partial charge in [-0.05, 0) is 45.0 Å². The summed E-state index contributed by atoms with van der Waals surface area (Å²) in [6, 6.07) is 8.67. The Kier molecular flexibility index (Phi) is 5.58. The lowest BCUT2D eigenvalue weighted by atomic mass is 9.88. The van der Waals surface area contributed by atoms with Gasteiger partial charge in [0.1, 0.15) is 11.1 Å². The van der Waals surface area contributed by atoms with Crippen molar-refractivity contribution >= 4 is 23.6 Å². The van der Waals surface area contributed by atoms with E-state index >= 15 is 0 Å². The Bertz CT molecular complexity index is 681. The number of ether oxygens (including phenoxy) is 1. The van der Waals surface area contributed by atoms with Crippen molar-refractivity contribution in [3.05, 3.63) is 34.9 Å². The summed E-state index contributed by atoms with van der Waals surface area (Å²) in [7, 11) is 0. The Morgan fingerprint density at radius 1 is 1.24 bits per heavy atom. The Morgan fingerprint density at radius 3 is 2.28 bits per heavy atom. The Hall–Kier alpha value is -2.26. The standard InChI is InChI=1S/C18H22ClN3O3/c1-17(2,3)25-16(24)22-10-8-18(12-20,9-11-22)21-15(23)13-4-6-14(19)7-5-13/h4-7H,8-11H2,1-3H3,(H,21,23). The SMILES string of the molecule is CC(C)(C)OC(=O)N1CCC(C#N)(NC(=O)c2ccc(Cl)cc2)CC1. The van der Waals surface area contributed by atoms with E-state index in [1.807, 2.05) is 0 Å². The zero-order valence-electron chi connectivity index (χ0n) is 14.6. The second-order valence-corrected chi connectivity index (χ2v) is 7.56. The molecular formula is C18H22ClN3O3. The molecule has 0 aliphatic carbocycles. The van der Waals surface area contributed by atoms with Crippen LogP contribution in [0.25, 0.3) is 0 Å². The van der Waals surface area contributed by atoms with Crippen LogP contribution in [0.5, 0.6) is 0 Å². The molecule has 1 N–H and O–H groups in total. The summed E-state index contributed by atoms with van der Waals surface area (Å²) >= 11 is 5.82. The van der Waals surface area contributed by atoms with Crippen molar-refractivity contribution in [1.82, 2.24) is 10.2 Å². The van der Waals surface area contributed by atoms with E-state index < -0.39 is 17.2 Å². The third-order valence-corrected chi connectivity index (χ3v) is 4.19. The summed E-state index contributed by atoms with van der Waals surface area (Å²) in [5, 5.41) is 12.9. The summed E-state index contributed by atoms with van der Waals surface area (Å²) in [5.74, 6) is -0.330. The maximum absolute atomic E-state index is 12.4. The summed E-state index contributed by atoms with van der Waals surface area (Å²) < 4.78 is 5.34. The molecule has 134 valence electrons. The van der Waals surface area contributed by atoms with Crippen LogP contribution in [0.1, 0.15) is 44.0 Å². The van der Waals surface area contributed by atoms with Gasteiger partial charge in [0.05, 0.1) is 6.07 Å². The molecule has 7 heteroatoms. The van der Waals surface area contributed by atoms with E-state index in [4.69, 9.17) is 16.3 Å². The minimum Gasteiger partial charge on any atom is -0.444 e. The predicted octanol–water partition coefficient (Wildman–Crippen LogP) is 3.36. The summed E-state index contributed by atoms with van der Waals surface area (Å²) in [5.41, 5.74) is -1.12. The number of amides is 2. The molecule has 0 spiro atoms. The normalized spacial score (nSPS) is 16.7. The van der Waals surface area contributed by atoms with Crippen LogP contribution in [0, 0.1) is 11.3 Å². The lowest BCUT2D eigenvalue weighted by molar-refractivity contribution is 0.0177. The van der Waals surface area contributed by atoms with E-state index in [2.05, 4.69) is 11.4 Å². The predicted molar refractivity (Wildman–Crippen MR) is 94.3 cm³/mol. The highest BCUT2D eigenvalue weighted by Gasteiger charge is 2.38. The number of nitriles is 1. The van der Waals surface area contributed by atoms with E-state index in [9.17, 15) is 14.9 Å². The van der Waals surface area contributed by atoms with Gasteiger partial charge in [-0.3, -0.25) is 4.79 Å². The highest BCUT2D eigenvalue weighted by Crippen LogP contribution is 2.24. The Balaban J connectivity index is 1.99. The topological polar surface area (TPSA) is 82.4 Å². The van der Waals surface area contributed by atoms with Crippen LogP contribution in [0.4, 0.5) is 4.79 Å².